The van der Waals surface area contributed by atoms with Gasteiger partial charge in [-0.25, -0.2) is 0 Å². The van der Waals surface area contributed by atoms with Crippen LogP contribution >= 0.6 is 11.8 Å². The maximum atomic E-state index is 12.5. The molecule has 1 aromatic rings. The molecule has 116 valence electrons. The van der Waals surface area contributed by atoms with Gasteiger partial charge in [0.2, 0.25) is 5.91 Å². The summed E-state index contributed by atoms with van der Waals surface area (Å²) in [6.07, 6.45) is -4.46. The Labute approximate surface area is 124 Å². The topological polar surface area (TPSA) is 55.4 Å². The molecule has 4 nitrogen and oxygen atoms in total. The molecule has 0 bridgehead atoms. The van der Waals surface area contributed by atoms with Crippen LogP contribution in [0, 0.1) is 0 Å². The summed E-state index contributed by atoms with van der Waals surface area (Å²) in [5.41, 5.74) is -0.772. The van der Waals surface area contributed by atoms with E-state index in [9.17, 15) is 22.8 Å². The smallest absolute Gasteiger partial charge is 0.416 e. The van der Waals surface area contributed by atoms with Crippen LogP contribution in [0.3, 0.4) is 0 Å². The summed E-state index contributed by atoms with van der Waals surface area (Å²) in [5, 5.41) is 2.35. The average molecular weight is 321 g/mol. The highest BCUT2D eigenvalue weighted by atomic mass is 32.2. The SMILES string of the molecule is CCOC(=O)CSCC(=O)Nc1cccc(C(F)(F)F)c1. The van der Waals surface area contributed by atoms with Crippen molar-refractivity contribution in [2.75, 3.05) is 23.4 Å². The standard InChI is InChI=1S/C13H14F3NO3S/c1-2-20-12(19)8-21-7-11(18)17-10-5-3-4-9(6-10)13(14,15)16/h3-6H,2,7-8H2,1H3,(H,17,18). The summed E-state index contributed by atoms with van der Waals surface area (Å²) in [5.74, 6) is -0.947. The highest BCUT2D eigenvalue weighted by Crippen LogP contribution is 2.30. The van der Waals surface area contributed by atoms with Gasteiger partial charge in [0, 0.05) is 5.69 Å². The number of amides is 1. The zero-order valence-electron chi connectivity index (χ0n) is 11.2. The zero-order chi connectivity index (χ0) is 15.9. The van der Waals surface area contributed by atoms with Crippen molar-refractivity contribution in [1.82, 2.24) is 0 Å². The number of thioether (sulfide) groups is 1. The fourth-order valence-corrected chi connectivity index (χ4v) is 2.01. The van der Waals surface area contributed by atoms with Crippen LogP contribution in [0.15, 0.2) is 24.3 Å². The highest BCUT2D eigenvalue weighted by molar-refractivity contribution is 8.00. The molecule has 0 spiro atoms. The Morgan fingerprint density at radius 3 is 2.62 bits per heavy atom. The lowest BCUT2D eigenvalue weighted by Crippen LogP contribution is -2.16. The van der Waals surface area contributed by atoms with Gasteiger partial charge >= 0.3 is 12.1 Å². The van der Waals surface area contributed by atoms with Gasteiger partial charge in [-0.2, -0.15) is 13.2 Å². The van der Waals surface area contributed by atoms with Gasteiger partial charge in [0.05, 0.1) is 23.7 Å². The predicted octanol–water partition coefficient (Wildman–Crippen LogP) is 2.94. The largest absolute Gasteiger partial charge is 0.465 e. The average Bonchev–Trinajstić information content (AvgIpc) is 2.38. The van der Waals surface area contributed by atoms with Gasteiger partial charge in [-0.3, -0.25) is 9.59 Å². The summed E-state index contributed by atoms with van der Waals surface area (Å²) in [7, 11) is 0. The Morgan fingerprint density at radius 1 is 1.29 bits per heavy atom. The molecule has 1 N–H and O–H groups in total. The molecule has 0 unspecified atom stereocenters. The van der Waals surface area contributed by atoms with Crippen molar-refractivity contribution in [2.24, 2.45) is 0 Å². The van der Waals surface area contributed by atoms with Crippen molar-refractivity contribution < 1.29 is 27.5 Å². The number of alkyl halides is 3. The minimum atomic E-state index is -4.46. The molecule has 0 saturated carbocycles. The second kappa shape index (κ2) is 7.92. The molecule has 8 heteroatoms. The molecule has 0 radical (unpaired) electrons. The number of hydrogen-bond acceptors (Lipinski definition) is 4. The molecule has 0 fully saturated rings. The van der Waals surface area contributed by atoms with Gasteiger partial charge in [-0.15, -0.1) is 11.8 Å². The first kappa shape index (κ1) is 17.4. The number of ether oxygens (including phenoxy) is 1. The highest BCUT2D eigenvalue weighted by Gasteiger charge is 2.30. The number of halogens is 3. The molecule has 0 atom stereocenters. The molecule has 0 aliphatic rings. The van der Waals surface area contributed by atoms with Crippen LogP contribution in [0.4, 0.5) is 18.9 Å². The second-order valence-electron chi connectivity index (χ2n) is 3.92. The first-order chi connectivity index (χ1) is 9.82. The molecule has 0 aliphatic carbocycles. The van der Waals surface area contributed by atoms with E-state index in [1.807, 2.05) is 0 Å². The number of hydrogen-bond donors (Lipinski definition) is 1. The van der Waals surface area contributed by atoms with Gasteiger partial charge in [-0.05, 0) is 25.1 Å². The first-order valence-corrected chi connectivity index (χ1v) is 7.19. The van der Waals surface area contributed by atoms with Crippen LogP contribution in [0.1, 0.15) is 12.5 Å². The van der Waals surface area contributed by atoms with Gasteiger partial charge < -0.3 is 10.1 Å². The predicted molar refractivity (Wildman–Crippen MR) is 74.0 cm³/mol. The van der Waals surface area contributed by atoms with E-state index in [2.05, 4.69) is 10.1 Å². The fraction of sp³-hybridized carbons (Fsp3) is 0.385. The van der Waals surface area contributed by atoms with Crippen LogP contribution in [0.5, 0.6) is 0 Å². The molecule has 21 heavy (non-hydrogen) atoms. The first-order valence-electron chi connectivity index (χ1n) is 6.03. The van der Waals surface area contributed by atoms with E-state index in [-0.39, 0.29) is 23.8 Å². The molecule has 0 saturated heterocycles. The van der Waals surface area contributed by atoms with E-state index in [0.29, 0.717) is 0 Å². The third kappa shape index (κ3) is 6.52. The molecule has 1 aromatic carbocycles. The Bertz CT molecular complexity index is 506. The van der Waals surface area contributed by atoms with Crippen LogP contribution < -0.4 is 5.32 Å². The monoisotopic (exact) mass is 321 g/mol. The lowest BCUT2D eigenvalue weighted by molar-refractivity contribution is -0.140. The maximum Gasteiger partial charge on any atom is 0.416 e. The molecule has 1 amide bonds. The van der Waals surface area contributed by atoms with Gasteiger partial charge in [-0.1, -0.05) is 6.07 Å². The van der Waals surface area contributed by atoms with Crippen molar-refractivity contribution >= 4 is 29.3 Å². The molecule has 1 rings (SSSR count). The Morgan fingerprint density at radius 2 is 2.00 bits per heavy atom. The number of benzene rings is 1. The van der Waals surface area contributed by atoms with Crippen molar-refractivity contribution in [3.63, 3.8) is 0 Å². The maximum absolute atomic E-state index is 12.5. The number of rotatable bonds is 6. The summed E-state index contributed by atoms with van der Waals surface area (Å²) in [4.78, 5) is 22.6. The second-order valence-corrected chi connectivity index (χ2v) is 4.91. The third-order valence-corrected chi connectivity index (χ3v) is 3.14. The van der Waals surface area contributed by atoms with Crippen molar-refractivity contribution in [1.29, 1.82) is 0 Å². The van der Waals surface area contributed by atoms with E-state index in [0.717, 1.165) is 23.9 Å². The van der Waals surface area contributed by atoms with Crippen molar-refractivity contribution in [3.05, 3.63) is 29.8 Å². The number of carbonyl (C=O) groups excluding carboxylic acids is 2. The lowest BCUT2D eigenvalue weighted by Gasteiger charge is -2.09. The zero-order valence-corrected chi connectivity index (χ0v) is 12.0. The van der Waals surface area contributed by atoms with Crippen molar-refractivity contribution in [3.8, 4) is 0 Å². The molecular formula is C13H14F3NO3S. The summed E-state index contributed by atoms with van der Waals surface area (Å²) < 4.78 is 42.2. The molecule has 0 aromatic heterocycles. The van der Waals surface area contributed by atoms with E-state index in [4.69, 9.17) is 0 Å². The van der Waals surface area contributed by atoms with E-state index in [1.54, 1.807) is 6.92 Å². The molecular weight excluding hydrogens is 307 g/mol. The Kier molecular flexibility index (Phi) is 6.54. The van der Waals surface area contributed by atoms with Crippen molar-refractivity contribution in [2.45, 2.75) is 13.1 Å². The van der Waals surface area contributed by atoms with Crippen LogP contribution in [-0.2, 0) is 20.5 Å². The molecule has 0 heterocycles. The van der Waals surface area contributed by atoms with E-state index < -0.39 is 23.6 Å². The summed E-state index contributed by atoms with van der Waals surface area (Å²) >= 11 is 1.03. The van der Waals surface area contributed by atoms with Gasteiger partial charge in [0.15, 0.2) is 0 Å². The number of nitrogens with one attached hydrogen (secondary N) is 1. The molecule has 0 aliphatic heterocycles. The number of anilines is 1. The van der Waals surface area contributed by atoms with Gasteiger partial charge in [0.1, 0.15) is 0 Å². The lowest BCUT2D eigenvalue weighted by atomic mass is 10.2. The summed E-state index contributed by atoms with van der Waals surface area (Å²) in [6, 6.07) is 4.35. The quantitative estimate of drug-likeness (QED) is 0.819. The minimum Gasteiger partial charge on any atom is -0.465 e. The Hall–Kier alpha value is -1.70. The number of esters is 1. The Balaban J connectivity index is 2.46. The number of carbonyl (C=O) groups is 2. The van der Waals surface area contributed by atoms with Gasteiger partial charge in [0.25, 0.3) is 0 Å². The third-order valence-electron chi connectivity index (χ3n) is 2.23. The normalized spacial score (nSPS) is 11.0. The minimum absolute atomic E-state index is 0.0177. The van der Waals surface area contributed by atoms with Crippen LogP contribution in [0.25, 0.3) is 0 Å². The van der Waals surface area contributed by atoms with Crippen LogP contribution in [-0.4, -0.2) is 30.0 Å². The summed E-state index contributed by atoms with van der Waals surface area (Å²) in [6.45, 7) is 1.93. The van der Waals surface area contributed by atoms with E-state index in [1.165, 1.54) is 12.1 Å². The van der Waals surface area contributed by atoms with Crippen LogP contribution in [0.2, 0.25) is 0 Å². The van der Waals surface area contributed by atoms with E-state index >= 15 is 0 Å². The fourth-order valence-electron chi connectivity index (χ4n) is 1.40.